The molecule has 106 valence electrons. The molecule has 2 nitrogen and oxygen atoms in total. The second kappa shape index (κ2) is 6.95. The minimum Gasteiger partial charge on any atom is -0.508 e. The molecular formula is C17H27NO. The van der Waals surface area contributed by atoms with Crippen molar-refractivity contribution in [2.75, 3.05) is 19.6 Å². The molecule has 2 heteroatoms. The monoisotopic (exact) mass is 261 g/mol. The fourth-order valence-electron chi connectivity index (χ4n) is 3.19. The van der Waals surface area contributed by atoms with Crippen LogP contribution in [0.5, 0.6) is 5.75 Å². The van der Waals surface area contributed by atoms with E-state index < -0.39 is 0 Å². The van der Waals surface area contributed by atoms with Crippen LogP contribution < -0.4 is 0 Å². The van der Waals surface area contributed by atoms with Crippen LogP contribution in [-0.4, -0.2) is 29.6 Å². The van der Waals surface area contributed by atoms with E-state index in [1.807, 2.05) is 12.1 Å². The molecule has 0 amide bonds. The Bertz CT molecular complexity index is 382. The maximum atomic E-state index is 9.68. The number of benzene rings is 1. The zero-order valence-electron chi connectivity index (χ0n) is 12.4. The van der Waals surface area contributed by atoms with E-state index in [-0.39, 0.29) is 0 Å². The van der Waals surface area contributed by atoms with Gasteiger partial charge in [0.1, 0.15) is 5.75 Å². The SMILES string of the molecule is CCCCN1CCCC(Cc2cc(C)cc(O)c2)C1. The molecule has 19 heavy (non-hydrogen) atoms. The molecular weight excluding hydrogens is 234 g/mol. The summed E-state index contributed by atoms with van der Waals surface area (Å²) in [5.74, 6) is 1.17. The molecule has 1 atom stereocenters. The number of hydrogen-bond acceptors (Lipinski definition) is 2. The molecule has 1 N–H and O–H groups in total. The average molecular weight is 261 g/mol. The summed E-state index contributed by atoms with van der Waals surface area (Å²) in [6.45, 7) is 8.07. The van der Waals surface area contributed by atoms with Gasteiger partial charge in [-0.2, -0.15) is 0 Å². The highest BCUT2D eigenvalue weighted by molar-refractivity contribution is 5.33. The molecule has 1 aliphatic rings. The standard InChI is InChI=1S/C17H27NO/c1-3-4-7-18-8-5-6-15(13-18)11-16-9-14(2)10-17(19)12-16/h9-10,12,15,19H,3-8,11,13H2,1-2H3. The number of aromatic hydroxyl groups is 1. The molecule has 0 aliphatic carbocycles. The first-order valence-electron chi connectivity index (χ1n) is 7.69. The predicted octanol–water partition coefficient (Wildman–Crippen LogP) is 3.76. The van der Waals surface area contributed by atoms with Gasteiger partial charge in [-0.25, -0.2) is 0 Å². The maximum absolute atomic E-state index is 9.68. The van der Waals surface area contributed by atoms with Crippen LogP contribution in [-0.2, 0) is 6.42 Å². The Hall–Kier alpha value is -1.02. The molecule has 1 aromatic rings. The average Bonchev–Trinajstić information content (AvgIpc) is 2.35. The summed E-state index contributed by atoms with van der Waals surface area (Å²) in [5, 5.41) is 9.68. The quantitative estimate of drug-likeness (QED) is 0.872. The number of phenolic OH excluding ortho intramolecular Hbond substituents is 1. The van der Waals surface area contributed by atoms with Crippen LogP contribution in [0.4, 0.5) is 0 Å². The van der Waals surface area contributed by atoms with Gasteiger partial charge in [-0.3, -0.25) is 0 Å². The topological polar surface area (TPSA) is 23.5 Å². The number of piperidine rings is 1. The Labute approximate surface area is 117 Å². The molecule has 0 saturated carbocycles. The minimum atomic E-state index is 0.411. The Balaban J connectivity index is 1.91. The third kappa shape index (κ3) is 4.54. The van der Waals surface area contributed by atoms with Gasteiger partial charge < -0.3 is 10.0 Å². The highest BCUT2D eigenvalue weighted by Crippen LogP contribution is 2.23. The zero-order chi connectivity index (χ0) is 13.7. The first-order valence-corrected chi connectivity index (χ1v) is 7.69. The minimum absolute atomic E-state index is 0.411. The van der Waals surface area contributed by atoms with Crippen molar-refractivity contribution in [2.24, 2.45) is 5.92 Å². The van der Waals surface area contributed by atoms with Gasteiger partial charge in [0.05, 0.1) is 0 Å². The molecule has 1 aromatic carbocycles. The zero-order valence-corrected chi connectivity index (χ0v) is 12.4. The molecule has 0 aromatic heterocycles. The van der Waals surface area contributed by atoms with Crippen molar-refractivity contribution in [1.82, 2.24) is 4.90 Å². The third-order valence-electron chi connectivity index (χ3n) is 4.08. The van der Waals surface area contributed by atoms with Gasteiger partial charge in [-0.15, -0.1) is 0 Å². The van der Waals surface area contributed by atoms with Crippen molar-refractivity contribution < 1.29 is 5.11 Å². The van der Waals surface area contributed by atoms with Crippen LogP contribution >= 0.6 is 0 Å². The van der Waals surface area contributed by atoms with Gasteiger partial charge in [0, 0.05) is 6.54 Å². The summed E-state index contributed by atoms with van der Waals surface area (Å²) in [7, 11) is 0. The summed E-state index contributed by atoms with van der Waals surface area (Å²) in [6.07, 6.45) is 6.37. The van der Waals surface area contributed by atoms with Crippen molar-refractivity contribution in [1.29, 1.82) is 0 Å². The Kier molecular flexibility index (Phi) is 5.26. The highest BCUT2D eigenvalue weighted by Gasteiger charge is 2.19. The second-order valence-electron chi connectivity index (χ2n) is 6.04. The molecule has 0 bridgehead atoms. The molecule has 1 saturated heterocycles. The van der Waals surface area contributed by atoms with Gasteiger partial charge in [-0.05, 0) is 74.9 Å². The summed E-state index contributed by atoms with van der Waals surface area (Å²) in [6, 6.07) is 5.97. The Morgan fingerprint density at radius 2 is 2.16 bits per heavy atom. The van der Waals surface area contributed by atoms with Crippen molar-refractivity contribution in [2.45, 2.75) is 46.0 Å². The van der Waals surface area contributed by atoms with E-state index in [1.165, 1.54) is 50.9 Å². The smallest absolute Gasteiger partial charge is 0.116 e. The Morgan fingerprint density at radius 3 is 2.89 bits per heavy atom. The van der Waals surface area contributed by atoms with Crippen molar-refractivity contribution in [3.63, 3.8) is 0 Å². The number of nitrogens with zero attached hydrogens (tertiary/aromatic N) is 1. The van der Waals surface area contributed by atoms with Crippen molar-refractivity contribution in [3.8, 4) is 5.75 Å². The van der Waals surface area contributed by atoms with Crippen LogP contribution in [0.3, 0.4) is 0 Å². The van der Waals surface area contributed by atoms with Crippen molar-refractivity contribution >= 4 is 0 Å². The van der Waals surface area contributed by atoms with Crippen LogP contribution in [0.25, 0.3) is 0 Å². The number of rotatable bonds is 5. The predicted molar refractivity (Wildman–Crippen MR) is 80.6 cm³/mol. The van der Waals surface area contributed by atoms with E-state index in [9.17, 15) is 5.11 Å². The number of unbranched alkanes of at least 4 members (excludes halogenated alkanes) is 1. The molecule has 0 spiro atoms. The summed E-state index contributed by atoms with van der Waals surface area (Å²) >= 11 is 0. The fraction of sp³-hybridized carbons (Fsp3) is 0.647. The number of phenols is 1. The van der Waals surface area contributed by atoms with Gasteiger partial charge >= 0.3 is 0 Å². The first-order chi connectivity index (χ1) is 9.17. The van der Waals surface area contributed by atoms with E-state index in [2.05, 4.69) is 24.8 Å². The van der Waals surface area contributed by atoms with Crippen molar-refractivity contribution in [3.05, 3.63) is 29.3 Å². The number of aryl methyl sites for hydroxylation is 1. The fourth-order valence-corrected chi connectivity index (χ4v) is 3.19. The van der Waals surface area contributed by atoms with E-state index in [1.54, 1.807) is 0 Å². The molecule has 0 radical (unpaired) electrons. The molecule has 2 rings (SSSR count). The molecule has 1 fully saturated rings. The van der Waals surface area contributed by atoms with Crippen LogP contribution in [0.2, 0.25) is 0 Å². The number of hydrogen-bond donors (Lipinski definition) is 1. The van der Waals surface area contributed by atoms with Crippen LogP contribution in [0.1, 0.15) is 43.7 Å². The normalized spacial score (nSPS) is 20.6. The van der Waals surface area contributed by atoms with E-state index >= 15 is 0 Å². The van der Waals surface area contributed by atoms with Gasteiger partial charge in [0.25, 0.3) is 0 Å². The van der Waals surface area contributed by atoms with E-state index in [0.29, 0.717) is 5.75 Å². The molecule has 1 heterocycles. The lowest BCUT2D eigenvalue weighted by Gasteiger charge is -2.32. The molecule has 1 aliphatic heterocycles. The summed E-state index contributed by atoms with van der Waals surface area (Å²) < 4.78 is 0. The lowest BCUT2D eigenvalue weighted by Crippen LogP contribution is -2.36. The maximum Gasteiger partial charge on any atom is 0.116 e. The highest BCUT2D eigenvalue weighted by atomic mass is 16.3. The van der Waals surface area contributed by atoms with Gasteiger partial charge in [0.15, 0.2) is 0 Å². The number of likely N-dealkylation sites (tertiary alicyclic amines) is 1. The van der Waals surface area contributed by atoms with Gasteiger partial charge in [-0.1, -0.05) is 19.4 Å². The van der Waals surface area contributed by atoms with Crippen LogP contribution in [0, 0.1) is 12.8 Å². The lowest BCUT2D eigenvalue weighted by molar-refractivity contribution is 0.172. The largest absolute Gasteiger partial charge is 0.508 e. The third-order valence-corrected chi connectivity index (χ3v) is 4.08. The van der Waals surface area contributed by atoms with E-state index in [0.717, 1.165) is 17.9 Å². The molecule has 1 unspecified atom stereocenters. The first kappa shape index (κ1) is 14.4. The summed E-state index contributed by atoms with van der Waals surface area (Å²) in [5.41, 5.74) is 2.45. The second-order valence-corrected chi connectivity index (χ2v) is 6.04. The van der Waals surface area contributed by atoms with Crippen LogP contribution in [0.15, 0.2) is 18.2 Å². The van der Waals surface area contributed by atoms with Gasteiger partial charge in [0.2, 0.25) is 0 Å². The lowest BCUT2D eigenvalue weighted by atomic mass is 9.90. The Morgan fingerprint density at radius 1 is 1.32 bits per heavy atom. The summed E-state index contributed by atoms with van der Waals surface area (Å²) in [4.78, 5) is 2.62. The van der Waals surface area contributed by atoms with E-state index in [4.69, 9.17) is 0 Å².